The van der Waals surface area contributed by atoms with Crippen molar-refractivity contribution in [2.24, 2.45) is 5.41 Å². The summed E-state index contributed by atoms with van der Waals surface area (Å²) in [7, 11) is -3.91. The highest BCUT2D eigenvalue weighted by Crippen LogP contribution is 2.44. The second kappa shape index (κ2) is 6.61. The Morgan fingerprint density at radius 3 is 2.27 bits per heavy atom. The molecule has 0 aliphatic heterocycles. The maximum Gasteiger partial charge on any atom is 0.472 e. The van der Waals surface area contributed by atoms with Gasteiger partial charge in [-0.2, -0.15) is 0 Å². The molecule has 1 atom stereocenters. The Hall–Kier alpha value is 0.0700. The Balaban J connectivity index is 3.73. The minimum absolute atomic E-state index is 0.0613. The van der Waals surface area contributed by atoms with E-state index in [1.165, 1.54) is 0 Å². The number of phosphoric acid groups is 1. The van der Waals surface area contributed by atoms with Crippen LogP contribution in [0.1, 0.15) is 27.7 Å². The lowest BCUT2D eigenvalue weighted by molar-refractivity contribution is 0.0716. The van der Waals surface area contributed by atoms with Crippen LogP contribution in [0.5, 0.6) is 0 Å². The molecular formula is C9H21O5P. The van der Waals surface area contributed by atoms with Gasteiger partial charge in [0.25, 0.3) is 0 Å². The molecule has 0 saturated heterocycles. The largest absolute Gasteiger partial charge is 0.472 e. The topological polar surface area (TPSA) is 65.0 Å². The van der Waals surface area contributed by atoms with Crippen LogP contribution < -0.4 is 0 Å². The minimum atomic E-state index is -3.91. The third-order valence-corrected chi connectivity index (χ3v) is 2.31. The fourth-order valence-corrected chi connectivity index (χ4v) is 1.60. The van der Waals surface area contributed by atoms with Crippen molar-refractivity contribution in [3.05, 3.63) is 0 Å². The Labute approximate surface area is 91.3 Å². The van der Waals surface area contributed by atoms with E-state index < -0.39 is 7.82 Å². The number of hydrogen-bond donors (Lipinski definition) is 1. The van der Waals surface area contributed by atoms with E-state index >= 15 is 0 Å². The summed E-state index contributed by atoms with van der Waals surface area (Å²) < 4.78 is 25.7. The fourth-order valence-electron chi connectivity index (χ4n) is 0.668. The van der Waals surface area contributed by atoms with Crippen molar-refractivity contribution < 1.29 is 23.2 Å². The molecule has 0 radical (unpaired) electrons. The van der Waals surface area contributed by atoms with Gasteiger partial charge in [-0.15, -0.1) is 0 Å². The van der Waals surface area contributed by atoms with E-state index in [0.717, 1.165) is 0 Å². The van der Waals surface area contributed by atoms with Crippen LogP contribution >= 0.6 is 7.82 Å². The molecule has 1 unspecified atom stereocenters. The molecule has 92 valence electrons. The summed E-state index contributed by atoms with van der Waals surface area (Å²) in [6, 6.07) is 0. The molecule has 0 aromatic carbocycles. The third kappa shape index (κ3) is 10.4. The van der Waals surface area contributed by atoms with Crippen LogP contribution in [0.4, 0.5) is 0 Å². The summed E-state index contributed by atoms with van der Waals surface area (Å²) in [5.74, 6) is 0. The van der Waals surface area contributed by atoms with Crippen molar-refractivity contribution in [3.63, 3.8) is 0 Å². The number of rotatable bonds is 7. The molecule has 0 aliphatic carbocycles. The Morgan fingerprint density at radius 1 is 1.20 bits per heavy atom. The van der Waals surface area contributed by atoms with Gasteiger partial charge >= 0.3 is 7.82 Å². The van der Waals surface area contributed by atoms with Crippen molar-refractivity contribution in [2.75, 3.05) is 26.4 Å². The predicted molar refractivity (Wildman–Crippen MR) is 57.7 cm³/mol. The molecule has 0 spiro atoms. The summed E-state index contributed by atoms with van der Waals surface area (Å²) in [5.41, 5.74) is -0.165. The molecule has 0 rings (SSSR count). The van der Waals surface area contributed by atoms with Crippen molar-refractivity contribution in [1.29, 1.82) is 0 Å². The normalized spacial score (nSPS) is 16.3. The first-order valence-electron chi connectivity index (χ1n) is 4.96. The highest BCUT2D eigenvalue weighted by atomic mass is 31.2. The first-order chi connectivity index (χ1) is 6.77. The highest BCUT2D eigenvalue weighted by molar-refractivity contribution is 7.47. The minimum Gasteiger partial charge on any atom is -0.379 e. The number of phosphoric ester groups is 1. The van der Waals surface area contributed by atoms with Gasteiger partial charge in [-0.1, -0.05) is 20.8 Å². The summed E-state index contributed by atoms with van der Waals surface area (Å²) in [5, 5.41) is 0. The van der Waals surface area contributed by atoms with E-state index in [1.54, 1.807) is 0 Å². The van der Waals surface area contributed by atoms with Gasteiger partial charge in [0.05, 0.1) is 19.8 Å². The Kier molecular flexibility index (Phi) is 6.64. The fraction of sp³-hybridized carbons (Fsp3) is 1.00. The molecule has 1 N–H and O–H groups in total. The van der Waals surface area contributed by atoms with E-state index in [0.29, 0.717) is 13.2 Å². The smallest absolute Gasteiger partial charge is 0.379 e. The van der Waals surface area contributed by atoms with E-state index in [-0.39, 0.29) is 18.6 Å². The summed E-state index contributed by atoms with van der Waals surface area (Å²) in [6.45, 7) is 8.66. The molecule has 0 aromatic rings. The monoisotopic (exact) mass is 240 g/mol. The highest BCUT2D eigenvalue weighted by Gasteiger charge is 2.24. The molecule has 0 aromatic heterocycles. The molecule has 0 fully saturated rings. The zero-order valence-electron chi connectivity index (χ0n) is 9.86. The standard InChI is InChI=1S/C9H21O5P/c1-5-12-6-7-13-15(10,11)14-8-9(2,3)4/h5-8H2,1-4H3,(H,10,11). The SMILES string of the molecule is CCOCCOP(=O)(O)OCC(C)(C)C. The molecule has 0 aliphatic rings. The average molecular weight is 240 g/mol. The van der Waals surface area contributed by atoms with Gasteiger partial charge in [-0.25, -0.2) is 4.57 Å². The third-order valence-electron chi connectivity index (χ3n) is 1.35. The average Bonchev–Trinajstić information content (AvgIpc) is 2.09. The van der Waals surface area contributed by atoms with E-state index in [9.17, 15) is 9.46 Å². The van der Waals surface area contributed by atoms with Crippen molar-refractivity contribution in [3.8, 4) is 0 Å². The lowest BCUT2D eigenvalue weighted by Crippen LogP contribution is -2.14. The Morgan fingerprint density at radius 2 is 1.80 bits per heavy atom. The molecule has 0 saturated carbocycles. The zero-order chi connectivity index (χ0) is 11.9. The quantitative estimate of drug-likeness (QED) is 0.546. The van der Waals surface area contributed by atoms with Crippen molar-refractivity contribution >= 4 is 7.82 Å². The number of hydrogen-bond acceptors (Lipinski definition) is 4. The first-order valence-corrected chi connectivity index (χ1v) is 6.46. The van der Waals surface area contributed by atoms with Gasteiger partial charge < -0.3 is 9.63 Å². The van der Waals surface area contributed by atoms with E-state index in [1.807, 2.05) is 27.7 Å². The molecule has 0 bridgehead atoms. The zero-order valence-corrected chi connectivity index (χ0v) is 10.8. The second-order valence-electron chi connectivity index (χ2n) is 4.33. The first kappa shape index (κ1) is 15.1. The lowest BCUT2D eigenvalue weighted by Gasteiger charge is -2.20. The van der Waals surface area contributed by atoms with Crippen LogP contribution in [-0.2, 0) is 18.3 Å². The van der Waals surface area contributed by atoms with Gasteiger partial charge in [0.15, 0.2) is 0 Å². The maximum atomic E-state index is 11.3. The van der Waals surface area contributed by atoms with Crippen molar-refractivity contribution in [2.45, 2.75) is 27.7 Å². The predicted octanol–water partition coefficient (Wildman–Crippen LogP) is 2.20. The van der Waals surface area contributed by atoms with Crippen LogP contribution in [-0.4, -0.2) is 31.3 Å². The van der Waals surface area contributed by atoms with E-state index in [2.05, 4.69) is 0 Å². The molecule has 5 nitrogen and oxygen atoms in total. The lowest BCUT2D eigenvalue weighted by atomic mass is 9.99. The van der Waals surface area contributed by atoms with Gasteiger partial charge in [0.1, 0.15) is 0 Å². The van der Waals surface area contributed by atoms with Crippen molar-refractivity contribution in [1.82, 2.24) is 0 Å². The van der Waals surface area contributed by atoms with E-state index in [4.69, 9.17) is 13.8 Å². The van der Waals surface area contributed by atoms with Crippen LogP contribution in [0.15, 0.2) is 0 Å². The Bertz CT molecular complexity index is 211. The molecule has 6 heteroatoms. The molecule has 0 heterocycles. The maximum absolute atomic E-state index is 11.3. The number of ether oxygens (including phenoxy) is 1. The van der Waals surface area contributed by atoms with Gasteiger partial charge in [0.2, 0.25) is 0 Å². The molecule has 0 amide bonds. The van der Waals surface area contributed by atoms with Crippen LogP contribution in [0.3, 0.4) is 0 Å². The van der Waals surface area contributed by atoms with Crippen LogP contribution in [0.2, 0.25) is 0 Å². The van der Waals surface area contributed by atoms with Crippen LogP contribution in [0, 0.1) is 5.41 Å². The summed E-state index contributed by atoms with van der Waals surface area (Å²) in [4.78, 5) is 9.23. The summed E-state index contributed by atoms with van der Waals surface area (Å²) >= 11 is 0. The summed E-state index contributed by atoms with van der Waals surface area (Å²) in [6.07, 6.45) is 0. The molecular weight excluding hydrogens is 219 g/mol. The van der Waals surface area contributed by atoms with Crippen LogP contribution in [0.25, 0.3) is 0 Å². The second-order valence-corrected chi connectivity index (χ2v) is 5.79. The van der Waals surface area contributed by atoms with Gasteiger partial charge in [-0.3, -0.25) is 9.05 Å². The van der Waals surface area contributed by atoms with Gasteiger partial charge in [0, 0.05) is 6.61 Å². The van der Waals surface area contributed by atoms with Gasteiger partial charge in [-0.05, 0) is 12.3 Å². The molecule has 15 heavy (non-hydrogen) atoms.